The van der Waals surface area contributed by atoms with Crippen molar-refractivity contribution in [3.63, 3.8) is 0 Å². The molecular formula is C13H22N2O. The van der Waals surface area contributed by atoms with E-state index in [1.807, 2.05) is 0 Å². The summed E-state index contributed by atoms with van der Waals surface area (Å²) in [4.78, 5) is 2.49. The SMILES string of the molecule is CC1CN(C2CCCCC2C#N)CC(C)O1. The van der Waals surface area contributed by atoms with Crippen molar-refractivity contribution in [2.45, 2.75) is 57.8 Å². The van der Waals surface area contributed by atoms with Crippen LogP contribution < -0.4 is 0 Å². The molecule has 4 unspecified atom stereocenters. The van der Waals surface area contributed by atoms with Crippen LogP contribution in [0.2, 0.25) is 0 Å². The van der Waals surface area contributed by atoms with Crippen molar-refractivity contribution in [3.05, 3.63) is 0 Å². The van der Waals surface area contributed by atoms with Crippen LogP contribution in [0.5, 0.6) is 0 Å². The van der Waals surface area contributed by atoms with Crippen LogP contribution in [0.4, 0.5) is 0 Å². The van der Waals surface area contributed by atoms with Crippen LogP contribution in [0, 0.1) is 17.2 Å². The summed E-state index contributed by atoms with van der Waals surface area (Å²) in [5.74, 6) is 0.242. The van der Waals surface area contributed by atoms with E-state index < -0.39 is 0 Å². The number of nitrogens with zero attached hydrogens (tertiary/aromatic N) is 2. The molecule has 0 spiro atoms. The van der Waals surface area contributed by atoms with E-state index in [4.69, 9.17) is 4.74 Å². The van der Waals surface area contributed by atoms with Gasteiger partial charge in [-0.1, -0.05) is 12.8 Å². The molecule has 1 saturated heterocycles. The van der Waals surface area contributed by atoms with Crippen LogP contribution in [-0.2, 0) is 4.74 Å². The predicted octanol–water partition coefficient (Wildman–Crippen LogP) is 2.18. The number of rotatable bonds is 1. The number of ether oxygens (including phenoxy) is 1. The molecule has 0 N–H and O–H groups in total. The second kappa shape index (κ2) is 5.16. The van der Waals surface area contributed by atoms with Crippen LogP contribution in [0.3, 0.4) is 0 Å². The second-order valence-electron chi connectivity index (χ2n) is 5.30. The Bertz CT molecular complexity index is 264. The maximum Gasteiger partial charge on any atom is 0.0678 e. The zero-order valence-corrected chi connectivity index (χ0v) is 10.4. The van der Waals surface area contributed by atoms with Gasteiger partial charge in [-0.15, -0.1) is 0 Å². The Balaban J connectivity index is 2.01. The van der Waals surface area contributed by atoms with Gasteiger partial charge in [0, 0.05) is 19.1 Å². The molecule has 1 saturated carbocycles. The lowest BCUT2D eigenvalue weighted by Crippen LogP contribution is -2.52. The Morgan fingerprint density at radius 3 is 2.38 bits per heavy atom. The smallest absolute Gasteiger partial charge is 0.0678 e. The first-order chi connectivity index (χ1) is 7.70. The van der Waals surface area contributed by atoms with Gasteiger partial charge >= 0.3 is 0 Å². The maximum atomic E-state index is 9.22. The molecule has 1 aliphatic carbocycles. The first kappa shape index (κ1) is 11.9. The summed E-state index contributed by atoms with van der Waals surface area (Å²) in [7, 11) is 0. The Morgan fingerprint density at radius 2 is 1.75 bits per heavy atom. The van der Waals surface area contributed by atoms with E-state index in [1.54, 1.807) is 0 Å². The molecule has 16 heavy (non-hydrogen) atoms. The van der Waals surface area contributed by atoms with Crippen LogP contribution in [-0.4, -0.2) is 36.2 Å². The van der Waals surface area contributed by atoms with Gasteiger partial charge in [0.15, 0.2) is 0 Å². The molecule has 4 atom stereocenters. The van der Waals surface area contributed by atoms with Gasteiger partial charge in [-0.25, -0.2) is 0 Å². The molecule has 2 aliphatic rings. The van der Waals surface area contributed by atoms with Crippen molar-refractivity contribution in [2.24, 2.45) is 5.92 Å². The van der Waals surface area contributed by atoms with Gasteiger partial charge in [0.25, 0.3) is 0 Å². The molecule has 0 radical (unpaired) electrons. The van der Waals surface area contributed by atoms with E-state index in [0.29, 0.717) is 18.2 Å². The lowest BCUT2D eigenvalue weighted by atomic mass is 9.84. The summed E-state index contributed by atoms with van der Waals surface area (Å²) in [6, 6.07) is 2.98. The largest absolute Gasteiger partial charge is 0.373 e. The van der Waals surface area contributed by atoms with Crippen molar-refractivity contribution in [1.82, 2.24) is 4.90 Å². The van der Waals surface area contributed by atoms with Crippen LogP contribution >= 0.6 is 0 Å². The van der Waals surface area contributed by atoms with E-state index >= 15 is 0 Å². The van der Waals surface area contributed by atoms with Gasteiger partial charge in [0.05, 0.1) is 24.2 Å². The minimum atomic E-state index is 0.242. The molecule has 3 heteroatoms. The molecular weight excluding hydrogens is 200 g/mol. The molecule has 1 aliphatic heterocycles. The fourth-order valence-electron chi connectivity index (χ4n) is 3.19. The monoisotopic (exact) mass is 222 g/mol. The molecule has 2 fully saturated rings. The van der Waals surface area contributed by atoms with Gasteiger partial charge in [0.2, 0.25) is 0 Å². The van der Waals surface area contributed by atoms with Crippen molar-refractivity contribution in [3.8, 4) is 6.07 Å². The Labute approximate surface area is 98.4 Å². The summed E-state index contributed by atoms with van der Waals surface area (Å²) < 4.78 is 5.75. The first-order valence-electron chi connectivity index (χ1n) is 6.50. The molecule has 0 aromatic carbocycles. The Morgan fingerprint density at radius 1 is 1.12 bits per heavy atom. The van der Waals surface area contributed by atoms with Gasteiger partial charge in [-0.3, -0.25) is 4.90 Å². The normalized spacial score (nSPS) is 41.6. The number of nitriles is 1. The van der Waals surface area contributed by atoms with Crippen molar-refractivity contribution >= 4 is 0 Å². The van der Waals surface area contributed by atoms with Crippen molar-refractivity contribution < 1.29 is 4.74 Å². The van der Waals surface area contributed by atoms with Gasteiger partial charge < -0.3 is 4.74 Å². The fourth-order valence-corrected chi connectivity index (χ4v) is 3.19. The second-order valence-corrected chi connectivity index (χ2v) is 5.30. The van der Waals surface area contributed by atoms with Crippen molar-refractivity contribution in [1.29, 1.82) is 5.26 Å². The molecule has 0 aromatic rings. The van der Waals surface area contributed by atoms with E-state index in [9.17, 15) is 5.26 Å². The summed E-state index contributed by atoms with van der Waals surface area (Å²) in [6.07, 6.45) is 5.40. The lowest BCUT2D eigenvalue weighted by Gasteiger charge is -2.43. The zero-order chi connectivity index (χ0) is 11.5. The molecule has 0 aromatic heterocycles. The van der Waals surface area contributed by atoms with E-state index in [0.717, 1.165) is 19.5 Å². The summed E-state index contributed by atoms with van der Waals surface area (Å²) in [6.45, 7) is 6.25. The van der Waals surface area contributed by atoms with Gasteiger partial charge in [0.1, 0.15) is 0 Å². The maximum absolute atomic E-state index is 9.22. The standard InChI is InChI=1S/C13H22N2O/c1-10-8-15(9-11(2)16-10)13-6-4-3-5-12(13)7-14/h10-13H,3-6,8-9H2,1-2H3. The third kappa shape index (κ3) is 2.56. The van der Waals surface area contributed by atoms with Gasteiger partial charge in [-0.05, 0) is 26.7 Å². The highest BCUT2D eigenvalue weighted by atomic mass is 16.5. The number of morpholine rings is 1. The number of hydrogen-bond acceptors (Lipinski definition) is 3. The average molecular weight is 222 g/mol. The van der Waals surface area contributed by atoms with E-state index in [-0.39, 0.29) is 5.92 Å². The Hall–Kier alpha value is -0.590. The molecule has 3 nitrogen and oxygen atoms in total. The van der Waals surface area contributed by atoms with E-state index in [1.165, 1.54) is 19.3 Å². The quantitative estimate of drug-likeness (QED) is 0.682. The average Bonchev–Trinajstić information content (AvgIpc) is 2.27. The molecule has 0 bridgehead atoms. The van der Waals surface area contributed by atoms with E-state index in [2.05, 4.69) is 24.8 Å². The third-order valence-corrected chi connectivity index (χ3v) is 3.81. The molecule has 90 valence electrons. The van der Waals surface area contributed by atoms with Crippen LogP contribution in [0.1, 0.15) is 39.5 Å². The van der Waals surface area contributed by atoms with Crippen molar-refractivity contribution in [2.75, 3.05) is 13.1 Å². The topological polar surface area (TPSA) is 36.3 Å². The molecule has 1 heterocycles. The Kier molecular flexibility index (Phi) is 3.83. The highest BCUT2D eigenvalue weighted by Crippen LogP contribution is 2.29. The summed E-state index contributed by atoms with van der Waals surface area (Å²) >= 11 is 0. The highest BCUT2D eigenvalue weighted by Gasteiger charge is 2.34. The summed E-state index contributed by atoms with van der Waals surface area (Å²) in [5.41, 5.74) is 0. The number of hydrogen-bond donors (Lipinski definition) is 0. The van der Waals surface area contributed by atoms with Crippen LogP contribution in [0.25, 0.3) is 0 Å². The molecule has 0 amide bonds. The minimum absolute atomic E-state index is 0.242. The highest BCUT2D eigenvalue weighted by molar-refractivity contribution is 4.97. The third-order valence-electron chi connectivity index (χ3n) is 3.81. The molecule has 2 rings (SSSR count). The lowest BCUT2D eigenvalue weighted by molar-refractivity contribution is -0.0881. The minimum Gasteiger partial charge on any atom is -0.373 e. The fraction of sp³-hybridized carbons (Fsp3) is 0.923. The predicted molar refractivity (Wildman–Crippen MR) is 62.9 cm³/mol. The first-order valence-corrected chi connectivity index (χ1v) is 6.50. The zero-order valence-electron chi connectivity index (χ0n) is 10.4. The summed E-state index contributed by atoms with van der Waals surface area (Å²) in [5, 5.41) is 9.22. The van der Waals surface area contributed by atoms with Crippen LogP contribution in [0.15, 0.2) is 0 Å². The van der Waals surface area contributed by atoms with Gasteiger partial charge in [-0.2, -0.15) is 5.26 Å².